The summed E-state index contributed by atoms with van der Waals surface area (Å²) in [6.07, 6.45) is 2.46. The van der Waals surface area contributed by atoms with Crippen molar-refractivity contribution >= 4 is 27.0 Å². The summed E-state index contributed by atoms with van der Waals surface area (Å²) in [6.45, 7) is 4.72. The van der Waals surface area contributed by atoms with Crippen LogP contribution in [0.15, 0.2) is 24.3 Å². The van der Waals surface area contributed by atoms with Crippen molar-refractivity contribution in [3.63, 3.8) is 0 Å². The van der Waals surface area contributed by atoms with Crippen LogP contribution in [0, 0.1) is 5.92 Å². The van der Waals surface area contributed by atoms with Crippen LogP contribution in [0.25, 0.3) is 11.0 Å². The Kier molecular flexibility index (Phi) is 5.39. The first kappa shape index (κ1) is 19.4. The number of aromatic amines is 1. The fourth-order valence-corrected chi connectivity index (χ4v) is 4.99. The molecule has 2 aromatic rings. The molecule has 1 N–H and O–H groups in total. The number of nitrogens with one attached hydrogen (secondary N) is 1. The van der Waals surface area contributed by atoms with Gasteiger partial charge in [0.1, 0.15) is 5.82 Å². The summed E-state index contributed by atoms with van der Waals surface area (Å²) in [5, 5.41) is 0. The molecule has 0 saturated carbocycles. The molecule has 4 rings (SSSR count). The van der Waals surface area contributed by atoms with Gasteiger partial charge in [-0.05, 0) is 25.0 Å². The number of rotatable bonds is 4. The molecule has 3 heterocycles. The molecular weight excluding hydrogens is 378 g/mol. The number of amides is 1. The number of hydrogen-bond donors (Lipinski definition) is 1. The molecule has 0 aliphatic carbocycles. The number of nitrogens with zero attached hydrogens (tertiary/aromatic N) is 4. The van der Waals surface area contributed by atoms with Crippen molar-refractivity contribution in [1.29, 1.82) is 0 Å². The van der Waals surface area contributed by atoms with Gasteiger partial charge in [-0.25, -0.2) is 17.7 Å². The Morgan fingerprint density at radius 1 is 1.11 bits per heavy atom. The zero-order chi connectivity index (χ0) is 19.7. The van der Waals surface area contributed by atoms with Gasteiger partial charge in [0.15, 0.2) is 0 Å². The maximum Gasteiger partial charge on any atom is 0.225 e. The molecule has 2 fully saturated rings. The molecule has 2 saturated heterocycles. The minimum absolute atomic E-state index is 0.0556. The second-order valence-corrected chi connectivity index (χ2v) is 9.72. The number of aromatic nitrogens is 2. The lowest BCUT2D eigenvalue weighted by Crippen LogP contribution is -2.51. The molecule has 152 valence electrons. The Bertz CT molecular complexity index is 908. The minimum atomic E-state index is -3.15. The summed E-state index contributed by atoms with van der Waals surface area (Å²) in [4.78, 5) is 25.1. The Hall–Kier alpha value is -1.97. The van der Waals surface area contributed by atoms with Gasteiger partial charge in [-0.15, -0.1) is 0 Å². The van der Waals surface area contributed by atoms with Crippen molar-refractivity contribution in [2.75, 3.05) is 45.5 Å². The maximum atomic E-state index is 12.8. The first-order chi connectivity index (χ1) is 13.4. The highest BCUT2D eigenvalue weighted by Gasteiger charge is 2.32. The van der Waals surface area contributed by atoms with Crippen LogP contribution in [0.2, 0.25) is 0 Å². The van der Waals surface area contributed by atoms with Crippen LogP contribution in [0.3, 0.4) is 0 Å². The number of carbonyl (C=O) groups is 1. The van der Waals surface area contributed by atoms with Crippen LogP contribution >= 0.6 is 0 Å². The van der Waals surface area contributed by atoms with Crippen molar-refractivity contribution in [3.05, 3.63) is 30.1 Å². The normalized spacial score (nSPS) is 20.7. The summed E-state index contributed by atoms with van der Waals surface area (Å²) in [6, 6.07) is 8.01. The summed E-state index contributed by atoms with van der Waals surface area (Å²) < 4.78 is 24.7. The van der Waals surface area contributed by atoms with Gasteiger partial charge in [0.25, 0.3) is 0 Å². The fraction of sp³-hybridized carbons (Fsp3) is 0.579. The molecule has 0 bridgehead atoms. The maximum absolute atomic E-state index is 12.8. The Morgan fingerprint density at radius 3 is 2.43 bits per heavy atom. The van der Waals surface area contributed by atoms with E-state index in [0.717, 1.165) is 36.5 Å². The topological polar surface area (TPSA) is 89.6 Å². The Labute approximate surface area is 165 Å². The molecule has 9 heteroatoms. The lowest BCUT2D eigenvalue weighted by molar-refractivity contribution is -0.138. The lowest BCUT2D eigenvalue weighted by atomic mass is 9.96. The van der Waals surface area contributed by atoms with Crippen molar-refractivity contribution < 1.29 is 13.2 Å². The SMILES string of the molecule is CS(=O)(=O)N1CCC(C(=O)N2CCN(Cc3nc4ccccc4[nH]3)CC2)CC1. The van der Waals surface area contributed by atoms with Gasteiger partial charge >= 0.3 is 0 Å². The molecule has 0 unspecified atom stereocenters. The molecule has 1 amide bonds. The molecule has 28 heavy (non-hydrogen) atoms. The first-order valence-corrected chi connectivity index (χ1v) is 11.6. The smallest absolute Gasteiger partial charge is 0.225 e. The summed E-state index contributed by atoms with van der Waals surface area (Å²) >= 11 is 0. The highest BCUT2D eigenvalue weighted by Crippen LogP contribution is 2.22. The van der Waals surface area contributed by atoms with Crippen molar-refractivity contribution in [2.45, 2.75) is 19.4 Å². The van der Waals surface area contributed by atoms with Gasteiger partial charge in [-0.1, -0.05) is 12.1 Å². The van der Waals surface area contributed by atoms with Gasteiger partial charge in [-0.3, -0.25) is 9.69 Å². The number of H-pyrrole nitrogens is 1. The van der Waals surface area contributed by atoms with Gasteiger partial charge in [-0.2, -0.15) is 0 Å². The molecule has 1 aromatic heterocycles. The number of piperazine rings is 1. The van der Waals surface area contributed by atoms with E-state index in [2.05, 4.69) is 14.9 Å². The van der Waals surface area contributed by atoms with Gasteiger partial charge in [0, 0.05) is 45.2 Å². The van der Waals surface area contributed by atoms with E-state index in [9.17, 15) is 13.2 Å². The van der Waals surface area contributed by atoms with E-state index in [-0.39, 0.29) is 11.8 Å². The summed E-state index contributed by atoms with van der Waals surface area (Å²) in [7, 11) is -3.15. The van der Waals surface area contributed by atoms with Crippen molar-refractivity contribution in [1.82, 2.24) is 24.1 Å². The molecular formula is C19H27N5O3S. The van der Waals surface area contributed by atoms with Crippen LogP contribution in [0.5, 0.6) is 0 Å². The van der Waals surface area contributed by atoms with Crippen molar-refractivity contribution in [3.8, 4) is 0 Å². The van der Waals surface area contributed by atoms with Gasteiger partial charge in [0.2, 0.25) is 15.9 Å². The zero-order valence-electron chi connectivity index (χ0n) is 16.2. The molecule has 2 aliphatic rings. The first-order valence-electron chi connectivity index (χ1n) is 9.80. The predicted molar refractivity (Wildman–Crippen MR) is 107 cm³/mol. The molecule has 8 nitrogen and oxygen atoms in total. The van der Waals surface area contributed by atoms with E-state index >= 15 is 0 Å². The number of para-hydroxylation sites is 2. The molecule has 0 radical (unpaired) electrons. The third-order valence-electron chi connectivity index (χ3n) is 5.77. The van der Waals surface area contributed by atoms with Gasteiger partial charge in [0.05, 0.1) is 23.8 Å². The van der Waals surface area contributed by atoms with E-state index in [1.165, 1.54) is 10.6 Å². The van der Waals surface area contributed by atoms with E-state index in [0.29, 0.717) is 39.0 Å². The monoisotopic (exact) mass is 405 g/mol. The standard InChI is InChI=1S/C19H27N5O3S/c1-28(26,27)24-8-6-15(7-9-24)19(25)23-12-10-22(11-13-23)14-18-20-16-4-2-3-5-17(16)21-18/h2-5,15H,6-14H2,1H3,(H,20,21). The zero-order valence-corrected chi connectivity index (χ0v) is 17.0. The number of carbonyl (C=O) groups excluding carboxylic acids is 1. The third kappa shape index (κ3) is 4.21. The van der Waals surface area contributed by atoms with E-state index in [4.69, 9.17) is 0 Å². The third-order valence-corrected chi connectivity index (χ3v) is 7.07. The molecule has 2 aliphatic heterocycles. The van der Waals surface area contributed by atoms with Crippen molar-refractivity contribution in [2.24, 2.45) is 5.92 Å². The molecule has 0 spiro atoms. The van der Waals surface area contributed by atoms with Crippen LogP contribution < -0.4 is 0 Å². The quantitative estimate of drug-likeness (QED) is 0.816. The van der Waals surface area contributed by atoms with Crippen LogP contribution in [0.4, 0.5) is 0 Å². The second kappa shape index (κ2) is 7.81. The Morgan fingerprint density at radius 2 is 1.79 bits per heavy atom. The number of benzene rings is 1. The van der Waals surface area contributed by atoms with E-state index in [1.807, 2.05) is 29.2 Å². The van der Waals surface area contributed by atoms with Gasteiger partial charge < -0.3 is 9.88 Å². The number of hydrogen-bond acceptors (Lipinski definition) is 5. The number of sulfonamides is 1. The average Bonchev–Trinajstić information content (AvgIpc) is 3.10. The fourth-order valence-electron chi connectivity index (χ4n) is 4.11. The highest BCUT2D eigenvalue weighted by molar-refractivity contribution is 7.88. The number of imidazole rings is 1. The highest BCUT2D eigenvalue weighted by atomic mass is 32.2. The van der Waals surface area contributed by atoms with E-state index < -0.39 is 10.0 Å². The van der Waals surface area contributed by atoms with Crippen LogP contribution in [-0.4, -0.2) is 83.9 Å². The predicted octanol–water partition coefficient (Wildman–Crippen LogP) is 0.879. The Balaban J connectivity index is 1.27. The van der Waals surface area contributed by atoms with Crippen LogP contribution in [0.1, 0.15) is 18.7 Å². The second-order valence-electron chi connectivity index (χ2n) is 7.74. The largest absolute Gasteiger partial charge is 0.341 e. The molecule has 1 aromatic carbocycles. The van der Waals surface area contributed by atoms with Crippen LogP contribution in [-0.2, 0) is 21.4 Å². The summed E-state index contributed by atoms with van der Waals surface area (Å²) in [5.74, 6) is 1.07. The number of piperidine rings is 1. The molecule has 0 atom stereocenters. The minimum Gasteiger partial charge on any atom is -0.341 e. The average molecular weight is 406 g/mol. The lowest BCUT2D eigenvalue weighted by Gasteiger charge is -2.38. The van der Waals surface area contributed by atoms with E-state index in [1.54, 1.807) is 0 Å². The summed E-state index contributed by atoms with van der Waals surface area (Å²) in [5.41, 5.74) is 2.03. The number of fused-ring (bicyclic) bond motifs is 1.